The van der Waals surface area contributed by atoms with Crippen molar-refractivity contribution in [1.29, 1.82) is 0 Å². The lowest BCUT2D eigenvalue weighted by molar-refractivity contribution is 0.216. The van der Waals surface area contributed by atoms with Gasteiger partial charge in [0.1, 0.15) is 17.6 Å². The van der Waals surface area contributed by atoms with Gasteiger partial charge in [-0.25, -0.2) is 0 Å². The van der Waals surface area contributed by atoms with E-state index in [-0.39, 0.29) is 0 Å². The molecule has 0 aromatic heterocycles. The van der Waals surface area contributed by atoms with E-state index in [0.29, 0.717) is 11.3 Å². The van der Waals surface area contributed by atoms with Crippen LogP contribution in [0.1, 0.15) is 17.2 Å². The van der Waals surface area contributed by atoms with Crippen LogP contribution in [-0.4, -0.2) is 19.3 Å². The molecule has 3 heteroatoms. The summed E-state index contributed by atoms with van der Waals surface area (Å²) in [6, 6.07) is 23.8. The smallest absolute Gasteiger partial charge is 0.133 e. The van der Waals surface area contributed by atoms with Crippen LogP contribution in [0.2, 0.25) is 0 Å². The zero-order chi connectivity index (χ0) is 18.1. The summed E-state index contributed by atoms with van der Waals surface area (Å²) in [4.78, 5) is 0. The van der Waals surface area contributed by atoms with Crippen LogP contribution in [0.4, 0.5) is 0 Å². The predicted octanol–water partition coefficient (Wildman–Crippen LogP) is 5.09. The van der Waals surface area contributed by atoms with E-state index in [0.717, 1.165) is 32.9 Å². The molecule has 4 aromatic rings. The minimum Gasteiger partial charge on any atom is -0.496 e. The second-order valence-corrected chi connectivity index (χ2v) is 6.22. The van der Waals surface area contributed by atoms with E-state index in [4.69, 9.17) is 9.47 Å². The van der Waals surface area contributed by atoms with Gasteiger partial charge < -0.3 is 14.6 Å². The van der Waals surface area contributed by atoms with Crippen molar-refractivity contribution in [2.24, 2.45) is 0 Å². The van der Waals surface area contributed by atoms with E-state index in [2.05, 4.69) is 0 Å². The SMILES string of the molecule is COc1cc(C(O)c2cccc3ccccc23)c(OC)c2ccccc12. The van der Waals surface area contributed by atoms with Crippen molar-refractivity contribution in [3.8, 4) is 11.5 Å². The highest BCUT2D eigenvalue weighted by Gasteiger charge is 2.21. The number of benzene rings is 4. The molecule has 26 heavy (non-hydrogen) atoms. The highest BCUT2D eigenvalue weighted by molar-refractivity contribution is 5.95. The standard InChI is InChI=1S/C23H20O3/c1-25-21-14-20(23(26-2)19-12-6-5-11-17(19)21)22(24)18-13-7-9-15-8-3-4-10-16(15)18/h3-14,22,24H,1-2H3. The van der Waals surface area contributed by atoms with Gasteiger partial charge in [-0.15, -0.1) is 0 Å². The lowest BCUT2D eigenvalue weighted by Gasteiger charge is -2.20. The van der Waals surface area contributed by atoms with Gasteiger partial charge in [-0.1, -0.05) is 66.7 Å². The van der Waals surface area contributed by atoms with Crippen LogP contribution < -0.4 is 9.47 Å². The molecule has 0 radical (unpaired) electrons. The Bertz CT molecular complexity index is 1080. The van der Waals surface area contributed by atoms with Crippen LogP contribution in [0.3, 0.4) is 0 Å². The van der Waals surface area contributed by atoms with Crippen LogP contribution in [0.5, 0.6) is 11.5 Å². The normalized spacial score (nSPS) is 12.3. The molecule has 1 N–H and O–H groups in total. The fraction of sp³-hybridized carbons (Fsp3) is 0.130. The van der Waals surface area contributed by atoms with Crippen molar-refractivity contribution < 1.29 is 14.6 Å². The van der Waals surface area contributed by atoms with Gasteiger partial charge in [0.05, 0.1) is 14.2 Å². The van der Waals surface area contributed by atoms with Gasteiger partial charge in [-0.3, -0.25) is 0 Å². The molecule has 0 fully saturated rings. The van der Waals surface area contributed by atoms with Crippen molar-refractivity contribution in [1.82, 2.24) is 0 Å². The number of fused-ring (bicyclic) bond motifs is 2. The van der Waals surface area contributed by atoms with Gasteiger partial charge in [0.2, 0.25) is 0 Å². The van der Waals surface area contributed by atoms with E-state index in [1.807, 2.05) is 72.8 Å². The second kappa shape index (κ2) is 6.70. The number of rotatable bonds is 4. The number of ether oxygens (including phenoxy) is 2. The quantitative estimate of drug-likeness (QED) is 0.560. The summed E-state index contributed by atoms with van der Waals surface area (Å²) < 4.78 is 11.3. The highest BCUT2D eigenvalue weighted by atomic mass is 16.5. The Morgan fingerprint density at radius 1 is 0.692 bits per heavy atom. The summed E-state index contributed by atoms with van der Waals surface area (Å²) in [5.74, 6) is 1.39. The number of aliphatic hydroxyl groups excluding tert-OH is 1. The van der Waals surface area contributed by atoms with Crippen molar-refractivity contribution in [2.45, 2.75) is 6.10 Å². The van der Waals surface area contributed by atoms with Crippen molar-refractivity contribution in [2.75, 3.05) is 14.2 Å². The summed E-state index contributed by atoms with van der Waals surface area (Å²) in [6.45, 7) is 0. The van der Waals surface area contributed by atoms with E-state index in [1.54, 1.807) is 14.2 Å². The summed E-state index contributed by atoms with van der Waals surface area (Å²) in [6.07, 6.45) is -0.824. The van der Waals surface area contributed by atoms with E-state index in [1.165, 1.54) is 0 Å². The monoisotopic (exact) mass is 344 g/mol. The molecule has 0 heterocycles. The molecule has 130 valence electrons. The molecule has 4 rings (SSSR count). The average molecular weight is 344 g/mol. The molecular formula is C23H20O3. The molecule has 0 saturated carbocycles. The summed E-state index contributed by atoms with van der Waals surface area (Å²) in [5, 5.41) is 15.2. The Labute approximate surface area is 152 Å². The Balaban J connectivity index is 1.98. The molecule has 1 unspecified atom stereocenters. The average Bonchev–Trinajstić information content (AvgIpc) is 2.71. The fourth-order valence-electron chi connectivity index (χ4n) is 3.59. The van der Waals surface area contributed by atoms with Gasteiger partial charge >= 0.3 is 0 Å². The van der Waals surface area contributed by atoms with Gasteiger partial charge in [0.15, 0.2) is 0 Å². The highest BCUT2D eigenvalue weighted by Crippen LogP contribution is 2.42. The third-order valence-corrected chi connectivity index (χ3v) is 4.82. The minimum absolute atomic E-state index is 0.668. The Morgan fingerprint density at radius 2 is 1.35 bits per heavy atom. The molecule has 0 aliphatic carbocycles. The molecule has 0 spiro atoms. The Kier molecular flexibility index (Phi) is 4.23. The van der Waals surface area contributed by atoms with Crippen LogP contribution in [0.15, 0.2) is 72.8 Å². The number of methoxy groups -OCH3 is 2. The molecule has 0 aliphatic heterocycles. The van der Waals surface area contributed by atoms with Crippen molar-refractivity contribution in [3.05, 3.63) is 83.9 Å². The van der Waals surface area contributed by atoms with Crippen LogP contribution in [-0.2, 0) is 0 Å². The predicted molar refractivity (Wildman–Crippen MR) is 105 cm³/mol. The first-order valence-electron chi connectivity index (χ1n) is 8.54. The molecule has 0 aliphatic rings. The number of hydrogen-bond donors (Lipinski definition) is 1. The first-order chi connectivity index (χ1) is 12.7. The van der Waals surface area contributed by atoms with E-state index < -0.39 is 6.10 Å². The zero-order valence-electron chi connectivity index (χ0n) is 14.8. The van der Waals surface area contributed by atoms with Gasteiger partial charge in [-0.05, 0) is 22.4 Å². The van der Waals surface area contributed by atoms with Crippen LogP contribution in [0.25, 0.3) is 21.5 Å². The fourth-order valence-corrected chi connectivity index (χ4v) is 3.59. The maximum Gasteiger partial charge on any atom is 0.133 e. The summed E-state index contributed by atoms with van der Waals surface area (Å²) in [5.41, 5.74) is 1.54. The van der Waals surface area contributed by atoms with Crippen LogP contribution >= 0.6 is 0 Å². The third kappa shape index (κ3) is 2.57. The number of aliphatic hydroxyl groups is 1. The van der Waals surface area contributed by atoms with Crippen molar-refractivity contribution >= 4 is 21.5 Å². The molecule has 3 nitrogen and oxygen atoms in total. The van der Waals surface area contributed by atoms with Gasteiger partial charge in [0, 0.05) is 16.3 Å². The lowest BCUT2D eigenvalue weighted by atomic mass is 9.93. The van der Waals surface area contributed by atoms with Gasteiger partial charge in [-0.2, -0.15) is 0 Å². The maximum atomic E-state index is 11.2. The maximum absolute atomic E-state index is 11.2. The Morgan fingerprint density at radius 3 is 2.08 bits per heavy atom. The molecular weight excluding hydrogens is 324 g/mol. The first kappa shape index (κ1) is 16.4. The van der Waals surface area contributed by atoms with Crippen molar-refractivity contribution in [3.63, 3.8) is 0 Å². The first-order valence-corrected chi connectivity index (χ1v) is 8.54. The number of hydrogen-bond acceptors (Lipinski definition) is 3. The van der Waals surface area contributed by atoms with E-state index >= 15 is 0 Å². The summed E-state index contributed by atoms with van der Waals surface area (Å²) in [7, 11) is 3.27. The molecule has 0 amide bonds. The summed E-state index contributed by atoms with van der Waals surface area (Å²) >= 11 is 0. The topological polar surface area (TPSA) is 38.7 Å². The second-order valence-electron chi connectivity index (χ2n) is 6.22. The van der Waals surface area contributed by atoms with Crippen LogP contribution in [0, 0.1) is 0 Å². The lowest BCUT2D eigenvalue weighted by Crippen LogP contribution is -2.04. The van der Waals surface area contributed by atoms with Gasteiger partial charge in [0.25, 0.3) is 0 Å². The largest absolute Gasteiger partial charge is 0.496 e. The molecule has 0 bridgehead atoms. The minimum atomic E-state index is -0.824. The van der Waals surface area contributed by atoms with E-state index in [9.17, 15) is 5.11 Å². The molecule has 0 saturated heterocycles. The molecule has 1 atom stereocenters. The Hall–Kier alpha value is -3.04. The third-order valence-electron chi connectivity index (χ3n) is 4.82. The molecule has 4 aromatic carbocycles. The zero-order valence-corrected chi connectivity index (χ0v) is 14.8.